The molecule has 0 bridgehead atoms. The van der Waals surface area contributed by atoms with E-state index < -0.39 is 15.9 Å². The summed E-state index contributed by atoms with van der Waals surface area (Å²) in [6, 6.07) is 18.4. The maximum Gasteiger partial charge on any atom is 0.279 e. The molecule has 1 heterocycles. The van der Waals surface area contributed by atoms with Crippen LogP contribution in [0.15, 0.2) is 82.7 Å². The predicted octanol–water partition coefficient (Wildman–Crippen LogP) is 3.92. The molecule has 0 unspecified atom stereocenters. The van der Waals surface area contributed by atoms with Crippen molar-refractivity contribution in [3.8, 4) is 0 Å². The molecule has 6 nitrogen and oxygen atoms in total. The van der Waals surface area contributed by atoms with Crippen molar-refractivity contribution in [2.75, 3.05) is 4.72 Å². The maximum atomic E-state index is 13.5. The molecule has 0 atom stereocenters. The molecule has 0 saturated heterocycles. The van der Waals surface area contributed by atoms with Gasteiger partial charge in [-0.05, 0) is 48.5 Å². The average molecular weight is 442 g/mol. The number of amides is 1. The first-order chi connectivity index (χ1) is 14.3. The van der Waals surface area contributed by atoms with Gasteiger partial charge in [0.2, 0.25) is 0 Å². The van der Waals surface area contributed by atoms with Crippen molar-refractivity contribution < 1.29 is 17.6 Å². The minimum atomic E-state index is -3.77. The molecule has 0 fully saturated rings. The number of carbonyl (C=O) groups is 1. The SMILES string of the molecule is Cn1c(=NC(=O)c2cccc(NS(=O)(=O)c3ccccc3)c2)sc2cc(F)ccc21. The quantitative estimate of drug-likeness (QED) is 0.521. The van der Waals surface area contributed by atoms with E-state index in [9.17, 15) is 17.6 Å². The summed E-state index contributed by atoms with van der Waals surface area (Å²) < 4.78 is 43.3. The van der Waals surface area contributed by atoms with Gasteiger partial charge in [-0.3, -0.25) is 9.52 Å². The summed E-state index contributed by atoms with van der Waals surface area (Å²) in [4.78, 5) is 17.3. The first-order valence-electron chi connectivity index (χ1n) is 8.85. The number of sulfonamides is 1. The van der Waals surface area contributed by atoms with Crippen LogP contribution in [0.2, 0.25) is 0 Å². The predicted molar refractivity (Wildman–Crippen MR) is 114 cm³/mol. The molecule has 0 radical (unpaired) electrons. The minimum Gasteiger partial charge on any atom is -0.319 e. The summed E-state index contributed by atoms with van der Waals surface area (Å²) in [6.45, 7) is 0. The van der Waals surface area contributed by atoms with Gasteiger partial charge in [0.05, 0.1) is 15.1 Å². The van der Waals surface area contributed by atoms with E-state index in [1.165, 1.54) is 41.7 Å². The third-order valence-corrected chi connectivity index (χ3v) is 6.88. The first kappa shape index (κ1) is 20.0. The average Bonchev–Trinajstić information content (AvgIpc) is 3.03. The van der Waals surface area contributed by atoms with E-state index >= 15 is 0 Å². The molecule has 4 aromatic rings. The Hall–Kier alpha value is -3.30. The second kappa shape index (κ2) is 7.85. The van der Waals surface area contributed by atoms with Gasteiger partial charge in [-0.25, -0.2) is 12.8 Å². The largest absolute Gasteiger partial charge is 0.319 e. The number of nitrogens with one attached hydrogen (secondary N) is 1. The number of hydrogen-bond acceptors (Lipinski definition) is 4. The molecule has 4 rings (SSSR count). The van der Waals surface area contributed by atoms with Gasteiger partial charge in [0.15, 0.2) is 4.80 Å². The van der Waals surface area contributed by atoms with Crippen LogP contribution < -0.4 is 9.52 Å². The van der Waals surface area contributed by atoms with Crippen molar-refractivity contribution in [3.05, 3.63) is 89.0 Å². The number of carbonyl (C=O) groups excluding carboxylic acids is 1. The number of aromatic nitrogens is 1. The van der Waals surface area contributed by atoms with Crippen molar-refractivity contribution in [3.63, 3.8) is 0 Å². The van der Waals surface area contributed by atoms with Crippen LogP contribution in [0, 0.1) is 5.82 Å². The molecule has 1 aromatic heterocycles. The summed E-state index contributed by atoms with van der Waals surface area (Å²) in [5.41, 5.74) is 1.24. The molecule has 0 spiro atoms. The van der Waals surface area contributed by atoms with E-state index in [0.29, 0.717) is 9.50 Å². The Balaban J connectivity index is 1.65. The second-order valence-corrected chi connectivity index (χ2v) is 9.16. The molecule has 3 aromatic carbocycles. The third-order valence-electron chi connectivity index (χ3n) is 4.38. The van der Waals surface area contributed by atoms with Gasteiger partial charge in [-0.1, -0.05) is 35.6 Å². The molecular weight excluding hydrogens is 425 g/mol. The Morgan fingerprint density at radius 2 is 1.80 bits per heavy atom. The van der Waals surface area contributed by atoms with Crippen molar-refractivity contribution in [1.82, 2.24) is 4.57 Å². The summed E-state index contributed by atoms with van der Waals surface area (Å²) in [6.07, 6.45) is 0. The monoisotopic (exact) mass is 441 g/mol. The Labute approximate surface area is 176 Å². The van der Waals surface area contributed by atoms with Gasteiger partial charge in [0.1, 0.15) is 5.82 Å². The number of aryl methyl sites for hydroxylation is 1. The number of thiazole rings is 1. The van der Waals surface area contributed by atoms with Crippen LogP contribution in [-0.2, 0) is 17.1 Å². The lowest BCUT2D eigenvalue weighted by atomic mass is 10.2. The number of fused-ring (bicyclic) bond motifs is 1. The molecule has 0 aliphatic carbocycles. The van der Waals surface area contributed by atoms with Gasteiger partial charge in [-0.15, -0.1) is 0 Å². The van der Waals surface area contributed by atoms with Crippen molar-refractivity contribution in [1.29, 1.82) is 0 Å². The highest BCUT2D eigenvalue weighted by molar-refractivity contribution is 7.92. The summed E-state index contributed by atoms with van der Waals surface area (Å²) in [7, 11) is -2.03. The summed E-state index contributed by atoms with van der Waals surface area (Å²) >= 11 is 1.20. The van der Waals surface area contributed by atoms with Gasteiger partial charge >= 0.3 is 0 Å². The number of halogens is 1. The minimum absolute atomic E-state index is 0.121. The zero-order chi connectivity index (χ0) is 21.3. The smallest absolute Gasteiger partial charge is 0.279 e. The van der Waals surface area contributed by atoms with Crippen LogP contribution in [0.3, 0.4) is 0 Å². The van der Waals surface area contributed by atoms with E-state index in [4.69, 9.17) is 0 Å². The highest BCUT2D eigenvalue weighted by Gasteiger charge is 2.15. The lowest BCUT2D eigenvalue weighted by molar-refractivity contribution is 0.0998. The fourth-order valence-corrected chi connectivity index (χ4v) is 5.01. The molecule has 9 heteroatoms. The Morgan fingerprint density at radius 1 is 1.03 bits per heavy atom. The number of nitrogens with zero attached hydrogens (tertiary/aromatic N) is 2. The Morgan fingerprint density at radius 3 is 2.57 bits per heavy atom. The molecule has 1 amide bonds. The van der Waals surface area contributed by atoms with Crippen molar-refractivity contribution in [2.45, 2.75) is 4.90 Å². The molecule has 0 aliphatic heterocycles. The molecule has 30 heavy (non-hydrogen) atoms. The van der Waals surface area contributed by atoms with E-state index in [2.05, 4.69) is 9.71 Å². The topological polar surface area (TPSA) is 80.5 Å². The van der Waals surface area contributed by atoms with Crippen molar-refractivity contribution >= 4 is 43.2 Å². The van der Waals surface area contributed by atoms with E-state index in [0.717, 1.165) is 5.52 Å². The van der Waals surface area contributed by atoms with Crippen LogP contribution in [0.5, 0.6) is 0 Å². The fourth-order valence-electron chi connectivity index (χ4n) is 2.90. The van der Waals surface area contributed by atoms with E-state index in [1.807, 2.05) is 0 Å². The van der Waals surface area contributed by atoms with Crippen LogP contribution in [0.25, 0.3) is 10.2 Å². The normalized spacial score (nSPS) is 12.3. The van der Waals surface area contributed by atoms with Crippen LogP contribution in [0.4, 0.5) is 10.1 Å². The van der Waals surface area contributed by atoms with Crippen LogP contribution in [-0.4, -0.2) is 18.9 Å². The molecule has 1 N–H and O–H groups in total. The van der Waals surface area contributed by atoms with Gasteiger partial charge < -0.3 is 4.57 Å². The highest BCUT2D eigenvalue weighted by Crippen LogP contribution is 2.19. The Kier molecular flexibility index (Phi) is 5.23. The fraction of sp³-hybridized carbons (Fsp3) is 0.0476. The van der Waals surface area contributed by atoms with E-state index in [1.54, 1.807) is 54.1 Å². The molecular formula is C21H16FN3O3S2. The summed E-state index contributed by atoms with van der Waals surface area (Å²) in [5.74, 6) is -0.890. The molecule has 152 valence electrons. The van der Waals surface area contributed by atoms with Gasteiger partial charge in [-0.2, -0.15) is 4.99 Å². The number of hydrogen-bond donors (Lipinski definition) is 1. The maximum absolute atomic E-state index is 13.5. The zero-order valence-corrected chi connectivity index (χ0v) is 17.4. The van der Waals surface area contributed by atoms with E-state index in [-0.39, 0.29) is 22.0 Å². The summed E-state index contributed by atoms with van der Waals surface area (Å²) in [5, 5.41) is 0. The molecule has 0 aliphatic rings. The van der Waals surface area contributed by atoms with Gasteiger partial charge in [0, 0.05) is 18.3 Å². The van der Waals surface area contributed by atoms with Crippen LogP contribution in [0.1, 0.15) is 10.4 Å². The second-order valence-electron chi connectivity index (χ2n) is 6.47. The van der Waals surface area contributed by atoms with Crippen LogP contribution >= 0.6 is 11.3 Å². The Bertz CT molecular complexity index is 1420. The zero-order valence-electron chi connectivity index (χ0n) is 15.7. The lowest BCUT2D eigenvalue weighted by Gasteiger charge is -2.08. The number of benzene rings is 3. The molecule has 0 saturated carbocycles. The lowest BCUT2D eigenvalue weighted by Crippen LogP contribution is -2.14. The highest BCUT2D eigenvalue weighted by atomic mass is 32.2. The number of rotatable bonds is 4. The number of anilines is 1. The first-order valence-corrected chi connectivity index (χ1v) is 11.2. The van der Waals surface area contributed by atoms with Gasteiger partial charge in [0.25, 0.3) is 15.9 Å². The standard InChI is InChI=1S/C21H16FN3O3S2/c1-25-18-11-10-15(22)13-19(18)29-21(25)23-20(26)14-6-5-7-16(12-14)24-30(27,28)17-8-3-2-4-9-17/h2-13,24H,1H3. The third kappa shape index (κ3) is 4.03. The van der Waals surface area contributed by atoms with Crippen molar-refractivity contribution in [2.24, 2.45) is 12.0 Å².